The second-order valence-electron chi connectivity index (χ2n) is 8.99. The monoisotopic (exact) mass is 574 g/mol. The summed E-state index contributed by atoms with van der Waals surface area (Å²) in [5.41, 5.74) is 0.861. The van der Waals surface area contributed by atoms with Gasteiger partial charge in [0.05, 0.1) is 17.7 Å². The van der Waals surface area contributed by atoms with E-state index < -0.39 is 52.3 Å². The van der Waals surface area contributed by atoms with Crippen molar-refractivity contribution in [3.8, 4) is 5.75 Å². The highest BCUT2D eigenvalue weighted by Gasteiger charge is 2.41. The molecular formula is C26H25F7N4O3. The highest BCUT2D eigenvalue weighted by atomic mass is 19.4. The third-order valence-corrected chi connectivity index (χ3v) is 5.99. The summed E-state index contributed by atoms with van der Waals surface area (Å²) >= 11 is 0. The van der Waals surface area contributed by atoms with Crippen molar-refractivity contribution < 1.29 is 45.1 Å². The average Bonchev–Trinajstić information content (AvgIpc) is 3.72. The van der Waals surface area contributed by atoms with E-state index in [1.807, 2.05) is 0 Å². The van der Waals surface area contributed by atoms with Crippen molar-refractivity contribution in [2.45, 2.75) is 25.2 Å². The summed E-state index contributed by atoms with van der Waals surface area (Å²) in [6.07, 6.45) is -8.74. The Bertz CT molecular complexity index is 1300. The Morgan fingerprint density at radius 2 is 1.68 bits per heavy atom. The topological polar surface area (TPSA) is 88.2 Å². The first kappa shape index (κ1) is 30.4. The van der Waals surface area contributed by atoms with Crippen LogP contribution in [0.2, 0.25) is 0 Å². The largest absolute Gasteiger partial charge is 0.420 e. The molecule has 1 aliphatic rings. The molecule has 0 bridgehead atoms. The zero-order chi connectivity index (χ0) is 29.8. The van der Waals surface area contributed by atoms with E-state index in [1.165, 1.54) is 4.90 Å². The first-order valence-electron chi connectivity index (χ1n) is 11.8. The van der Waals surface area contributed by atoms with Gasteiger partial charge in [0.1, 0.15) is 5.82 Å². The van der Waals surface area contributed by atoms with Gasteiger partial charge in [-0.25, -0.2) is 9.18 Å². The lowest BCUT2D eigenvalue weighted by molar-refractivity contribution is -0.143. The average molecular weight is 574 g/mol. The van der Waals surface area contributed by atoms with Crippen LogP contribution >= 0.6 is 0 Å². The van der Waals surface area contributed by atoms with Gasteiger partial charge in [0, 0.05) is 55.8 Å². The molecule has 14 heteroatoms. The van der Waals surface area contributed by atoms with E-state index in [4.69, 9.17) is 10.5 Å². The summed E-state index contributed by atoms with van der Waals surface area (Å²) in [6, 6.07) is 4.48. The van der Waals surface area contributed by atoms with Crippen molar-refractivity contribution in [1.29, 1.82) is 0 Å². The molecule has 0 atom stereocenters. The van der Waals surface area contributed by atoms with Crippen LogP contribution in [0.4, 0.5) is 41.2 Å². The van der Waals surface area contributed by atoms with E-state index in [2.05, 4.69) is 4.99 Å². The van der Waals surface area contributed by atoms with Crippen molar-refractivity contribution in [2.75, 3.05) is 32.1 Å². The number of alkyl halides is 6. The quantitative estimate of drug-likeness (QED) is 0.322. The Labute approximate surface area is 224 Å². The van der Waals surface area contributed by atoms with E-state index in [9.17, 15) is 40.3 Å². The molecule has 0 spiro atoms. The minimum absolute atomic E-state index is 0.0280. The van der Waals surface area contributed by atoms with Crippen LogP contribution in [0.5, 0.6) is 5.75 Å². The van der Waals surface area contributed by atoms with Gasteiger partial charge in [-0.2, -0.15) is 26.3 Å². The lowest BCUT2D eigenvalue weighted by Gasteiger charge is -2.22. The third-order valence-electron chi connectivity index (χ3n) is 5.99. The number of nitrogens with zero attached hydrogens (tertiary/aromatic N) is 3. The number of carbonyl (C=O) groups excluding carboxylic acids is 2. The molecule has 0 unspecified atom stereocenters. The van der Waals surface area contributed by atoms with Gasteiger partial charge < -0.3 is 15.4 Å². The number of allylic oxidation sites excluding steroid dienone is 1. The number of amides is 2. The number of ether oxygens (including phenoxy) is 1. The molecule has 2 N–H and O–H groups in total. The van der Waals surface area contributed by atoms with E-state index >= 15 is 0 Å². The lowest BCUT2D eigenvalue weighted by Crippen LogP contribution is -2.31. The molecular weight excluding hydrogens is 549 g/mol. The van der Waals surface area contributed by atoms with Crippen LogP contribution in [0.3, 0.4) is 0 Å². The minimum atomic E-state index is -5.37. The standard InChI is InChI=1S/C26H25F7N4O3/c1-36(23(38)15-3-4-15)10-9-35-14-16(13-34)20-11-17(25(28,29)30)12-21(26(31,32)33)22(20)40-24(39)37(2)19-7-5-18(27)6-8-19/h5-8,11-15H,3-4,9-10,34H2,1-2H3. The van der Waals surface area contributed by atoms with E-state index in [1.54, 1.807) is 7.05 Å². The van der Waals surface area contributed by atoms with Gasteiger partial charge in [0.25, 0.3) is 0 Å². The van der Waals surface area contributed by atoms with Gasteiger partial charge in [-0.05, 0) is 49.2 Å². The molecule has 2 amide bonds. The molecule has 1 fully saturated rings. The molecule has 7 nitrogen and oxygen atoms in total. The number of nitrogens with two attached hydrogens (primary N) is 1. The number of rotatable bonds is 8. The Morgan fingerprint density at radius 3 is 2.20 bits per heavy atom. The maximum Gasteiger partial charge on any atom is 0.420 e. The number of carbonyl (C=O) groups is 2. The number of hydrogen-bond donors (Lipinski definition) is 1. The zero-order valence-electron chi connectivity index (χ0n) is 21.3. The van der Waals surface area contributed by atoms with E-state index in [-0.39, 0.29) is 36.7 Å². The lowest BCUT2D eigenvalue weighted by atomic mass is 9.98. The van der Waals surface area contributed by atoms with Gasteiger partial charge in [-0.3, -0.25) is 14.7 Å². The van der Waals surface area contributed by atoms with Crippen molar-refractivity contribution in [3.63, 3.8) is 0 Å². The first-order chi connectivity index (χ1) is 18.6. The van der Waals surface area contributed by atoms with Gasteiger partial charge in [-0.1, -0.05) is 0 Å². The van der Waals surface area contributed by atoms with Crippen LogP contribution < -0.4 is 15.4 Å². The number of likely N-dealkylation sites (N-methyl/N-ethyl adjacent to an activating group) is 1. The molecule has 216 valence electrons. The second kappa shape index (κ2) is 12.0. The fraction of sp³-hybridized carbons (Fsp3) is 0.346. The molecule has 0 aromatic heterocycles. The van der Waals surface area contributed by atoms with Crippen LogP contribution in [-0.4, -0.2) is 50.3 Å². The molecule has 0 aliphatic heterocycles. The maximum absolute atomic E-state index is 14.0. The van der Waals surface area contributed by atoms with Crippen molar-refractivity contribution in [2.24, 2.45) is 16.6 Å². The van der Waals surface area contributed by atoms with Gasteiger partial charge in [-0.15, -0.1) is 0 Å². The summed E-state index contributed by atoms with van der Waals surface area (Å²) in [4.78, 5) is 31.0. The molecule has 2 aromatic carbocycles. The number of aliphatic imine (C=N–C) groups is 1. The minimum Gasteiger partial charge on any atom is -0.409 e. The highest BCUT2D eigenvalue weighted by molar-refractivity contribution is 6.11. The van der Waals surface area contributed by atoms with Crippen LogP contribution in [0, 0.1) is 11.7 Å². The van der Waals surface area contributed by atoms with Crippen LogP contribution in [0.15, 0.2) is 47.6 Å². The first-order valence-corrected chi connectivity index (χ1v) is 11.8. The predicted molar refractivity (Wildman–Crippen MR) is 133 cm³/mol. The summed E-state index contributed by atoms with van der Waals surface area (Å²) in [5.74, 6) is -2.01. The normalized spacial score (nSPS) is 14.4. The van der Waals surface area contributed by atoms with Gasteiger partial charge >= 0.3 is 18.4 Å². The third kappa shape index (κ3) is 7.51. The summed E-state index contributed by atoms with van der Waals surface area (Å²) in [5, 5.41) is 0. The fourth-order valence-electron chi connectivity index (χ4n) is 3.58. The van der Waals surface area contributed by atoms with Crippen molar-refractivity contribution in [3.05, 3.63) is 65.1 Å². The van der Waals surface area contributed by atoms with E-state index in [0.29, 0.717) is 6.07 Å². The van der Waals surface area contributed by atoms with Crippen LogP contribution in [0.25, 0.3) is 5.57 Å². The zero-order valence-corrected chi connectivity index (χ0v) is 21.3. The van der Waals surface area contributed by atoms with E-state index in [0.717, 1.165) is 61.5 Å². The number of anilines is 1. The second-order valence-corrected chi connectivity index (χ2v) is 8.99. The molecule has 3 rings (SSSR count). The number of halogens is 7. The Balaban J connectivity index is 2.00. The molecule has 40 heavy (non-hydrogen) atoms. The number of hydrogen-bond acceptors (Lipinski definition) is 5. The molecule has 1 saturated carbocycles. The summed E-state index contributed by atoms with van der Waals surface area (Å²) in [7, 11) is 2.67. The van der Waals surface area contributed by atoms with Crippen molar-refractivity contribution >= 4 is 29.5 Å². The fourth-order valence-corrected chi connectivity index (χ4v) is 3.58. The maximum atomic E-state index is 14.0. The predicted octanol–water partition coefficient (Wildman–Crippen LogP) is 5.74. The smallest absolute Gasteiger partial charge is 0.409 e. The Morgan fingerprint density at radius 1 is 1.05 bits per heavy atom. The molecule has 0 heterocycles. The SMILES string of the molecule is CN(CCN=CC(=CN)c1cc(C(F)(F)F)cc(C(F)(F)F)c1OC(=O)N(C)c1ccc(F)cc1)C(=O)C1CC1. The molecule has 1 aliphatic carbocycles. The summed E-state index contributed by atoms with van der Waals surface area (Å²) in [6.45, 7) is 0.115. The summed E-state index contributed by atoms with van der Waals surface area (Å²) < 4.78 is 101. The van der Waals surface area contributed by atoms with Crippen LogP contribution in [-0.2, 0) is 17.1 Å². The highest BCUT2D eigenvalue weighted by Crippen LogP contribution is 2.44. The molecule has 0 saturated heterocycles. The Hall–Kier alpha value is -4.10. The van der Waals surface area contributed by atoms with Crippen molar-refractivity contribution in [1.82, 2.24) is 4.90 Å². The van der Waals surface area contributed by atoms with Gasteiger partial charge in [0.15, 0.2) is 5.75 Å². The van der Waals surface area contributed by atoms with Gasteiger partial charge in [0.2, 0.25) is 5.91 Å². The van der Waals surface area contributed by atoms with Crippen LogP contribution in [0.1, 0.15) is 29.5 Å². The number of benzene rings is 2. The Kier molecular flexibility index (Phi) is 9.10. The molecule has 0 radical (unpaired) electrons. The molecule has 2 aromatic rings.